The van der Waals surface area contributed by atoms with Crippen molar-refractivity contribution in [3.05, 3.63) is 54.1 Å². The number of anilines is 1. The molecule has 1 aliphatic heterocycles. The van der Waals surface area contributed by atoms with Gasteiger partial charge >= 0.3 is 12.7 Å². The highest BCUT2D eigenvalue weighted by molar-refractivity contribution is 5.45. The van der Waals surface area contributed by atoms with Crippen molar-refractivity contribution in [1.29, 1.82) is 0 Å². The van der Waals surface area contributed by atoms with Crippen LogP contribution in [0.1, 0.15) is 18.4 Å². The molecule has 0 amide bonds. The molecule has 2 aromatic carbocycles. The maximum atomic E-state index is 12.5. The Labute approximate surface area is 169 Å². The van der Waals surface area contributed by atoms with E-state index in [1.807, 2.05) is 24.3 Å². The zero-order chi connectivity index (χ0) is 21.8. The van der Waals surface area contributed by atoms with E-state index in [9.17, 15) is 26.3 Å². The average Bonchev–Trinajstić information content (AvgIpc) is 2.64. The highest BCUT2D eigenvalue weighted by Crippen LogP contribution is 2.31. The van der Waals surface area contributed by atoms with Gasteiger partial charge in [-0.15, -0.1) is 26.3 Å². The fourth-order valence-corrected chi connectivity index (χ4v) is 3.29. The SMILES string of the molecule is FC(F)(F)Oc1cc(CNC2CCN(c3[c]cccc3)CC2)cc(OC(F)(F)F)c1. The molecule has 1 aliphatic rings. The molecule has 163 valence electrons. The van der Waals surface area contributed by atoms with Crippen LogP contribution in [0.3, 0.4) is 0 Å². The fraction of sp³-hybridized carbons (Fsp3) is 0.400. The zero-order valence-corrected chi connectivity index (χ0v) is 15.7. The first-order valence-corrected chi connectivity index (χ1v) is 9.18. The van der Waals surface area contributed by atoms with Crippen molar-refractivity contribution >= 4 is 5.69 Å². The van der Waals surface area contributed by atoms with Gasteiger partial charge in [0.05, 0.1) is 0 Å². The summed E-state index contributed by atoms with van der Waals surface area (Å²) in [6, 6.07) is 13.5. The molecule has 1 heterocycles. The van der Waals surface area contributed by atoms with Crippen molar-refractivity contribution in [2.24, 2.45) is 0 Å². The normalized spacial score (nSPS) is 15.9. The van der Waals surface area contributed by atoms with Crippen LogP contribution in [-0.2, 0) is 6.54 Å². The summed E-state index contributed by atoms with van der Waals surface area (Å²) in [5.41, 5.74) is 1.18. The van der Waals surface area contributed by atoms with Crippen LogP contribution >= 0.6 is 0 Å². The van der Waals surface area contributed by atoms with Gasteiger partial charge in [-0.05, 0) is 36.6 Å². The summed E-state index contributed by atoms with van der Waals surface area (Å²) in [5, 5.41) is 3.18. The third-order valence-electron chi connectivity index (χ3n) is 4.53. The van der Waals surface area contributed by atoms with Gasteiger partial charge in [0, 0.05) is 43.5 Å². The van der Waals surface area contributed by atoms with E-state index < -0.39 is 24.2 Å². The van der Waals surface area contributed by atoms with E-state index in [2.05, 4.69) is 25.8 Å². The van der Waals surface area contributed by atoms with Gasteiger partial charge in [0.2, 0.25) is 0 Å². The zero-order valence-electron chi connectivity index (χ0n) is 15.7. The minimum atomic E-state index is -5.02. The maximum absolute atomic E-state index is 12.5. The number of hydrogen-bond acceptors (Lipinski definition) is 4. The lowest BCUT2D eigenvalue weighted by atomic mass is 10.0. The third-order valence-corrected chi connectivity index (χ3v) is 4.53. The quantitative estimate of drug-likeness (QED) is 0.647. The van der Waals surface area contributed by atoms with E-state index >= 15 is 0 Å². The topological polar surface area (TPSA) is 33.7 Å². The summed E-state index contributed by atoms with van der Waals surface area (Å²) >= 11 is 0. The predicted octanol–water partition coefficient (Wildman–Crippen LogP) is 5.04. The van der Waals surface area contributed by atoms with E-state index in [0.29, 0.717) is 6.07 Å². The number of halogens is 6. The standard InChI is InChI=1S/C20H19F6N2O2/c21-19(22,23)29-17-10-14(11-18(12-17)30-20(24,25)26)13-27-15-6-8-28(9-7-15)16-4-2-1-3-5-16/h1-4,10-12,15,27H,6-9,13H2. The molecule has 1 saturated heterocycles. The first-order valence-electron chi connectivity index (χ1n) is 9.18. The first kappa shape index (κ1) is 22.1. The molecule has 1 N–H and O–H groups in total. The van der Waals surface area contributed by atoms with Crippen LogP contribution in [0, 0.1) is 6.07 Å². The number of ether oxygens (including phenoxy) is 2. The van der Waals surface area contributed by atoms with Crippen molar-refractivity contribution in [3.8, 4) is 11.5 Å². The molecule has 2 aromatic rings. The number of piperidine rings is 1. The summed E-state index contributed by atoms with van der Waals surface area (Å²) in [4.78, 5) is 2.17. The van der Waals surface area contributed by atoms with Crippen LogP contribution in [0.15, 0.2) is 42.5 Å². The third kappa shape index (κ3) is 7.01. The van der Waals surface area contributed by atoms with Crippen LogP contribution in [0.5, 0.6) is 11.5 Å². The molecule has 0 atom stereocenters. The van der Waals surface area contributed by atoms with E-state index in [1.165, 1.54) is 0 Å². The van der Waals surface area contributed by atoms with Crippen molar-refractivity contribution in [1.82, 2.24) is 5.32 Å². The van der Waals surface area contributed by atoms with E-state index in [0.717, 1.165) is 43.8 Å². The van der Waals surface area contributed by atoms with Gasteiger partial charge in [-0.25, -0.2) is 0 Å². The molecule has 10 heteroatoms. The second-order valence-corrected chi connectivity index (χ2v) is 6.80. The lowest BCUT2D eigenvalue weighted by molar-refractivity contribution is -0.276. The van der Waals surface area contributed by atoms with Gasteiger partial charge in [-0.1, -0.05) is 18.2 Å². The van der Waals surface area contributed by atoms with E-state index in [4.69, 9.17) is 0 Å². The van der Waals surface area contributed by atoms with Gasteiger partial charge < -0.3 is 19.7 Å². The van der Waals surface area contributed by atoms with Crippen LogP contribution in [0.2, 0.25) is 0 Å². The summed E-state index contributed by atoms with van der Waals surface area (Å²) in [6.45, 7) is 1.60. The smallest absolute Gasteiger partial charge is 0.406 e. The van der Waals surface area contributed by atoms with E-state index in [1.54, 1.807) is 0 Å². The van der Waals surface area contributed by atoms with Crippen LogP contribution in [-0.4, -0.2) is 31.9 Å². The summed E-state index contributed by atoms with van der Waals surface area (Å²) in [6.07, 6.45) is -8.51. The Morgan fingerprint density at radius 2 is 1.53 bits per heavy atom. The Hall–Kier alpha value is -2.62. The Morgan fingerprint density at radius 1 is 0.933 bits per heavy atom. The van der Waals surface area contributed by atoms with Gasteiger partial charge in [0.25, 0.3) is 0 Å². The fourth-order valence-electron chi connectivity index (χ4n) is 3.29. The number of benzene rings is 2. The maximum Gasteiger partial charge on any atom is 0.573 e. The van der Waals surface area contributed by atoms with Crippen molar-refractivity contribution in [2.75, 3.05) is 18.0 Å². The number of nitrogens with zero attached hydrogens (tertiary/aromatic N) is 1. The molecule has 0 spiro atoms. The number of hydrogen-bond donors (Lipinski definition) is 1. The largest absolute Gasteiger partial charge is 0.573 e. The minimum Gasteiger partial charge on any atom is -0.406 e. The van der Waals surface area contributed by atoms with Crippen LogP contribution < -0.4 is 19.7 Å². The molecule has 0 bridgehead atoms. The highest BCUT2D eigenvalue weighted by atomic mass is 19.4. The van der Waals surface area contributed by atoms with E-state index in [-0.39, 0.29) is 18.2 Å². The van der Waals surface area contributed by atoms with Gasteiger partial charge in [0.1, 0.15) is 11.5 Å². The summed E-state index contributed by atoms with van der Waals surface area (Å²) in [7, 11) is 0. The molecule has 0 saturated carbocycles. The molecule has 1 fully saturated rings. The van der Waals surface area contributed by atoms with Crippen molar-refractivity contribution in [3.63, 3.8) is 0 Å². The Bertz CT molecular complexity index is 784. The predicted molar refractivity (Wildman–Crippen MR) is 97.2 cm³/mol. The lowest BCUT2D eigenvalue weighted by Gasteiger charge is -2.34. The minimum absolute atomic E-state index is 0.0733. The number of rotatable bonds is 6. The average molecular weight is 433 g/mol. The molecule has 0 aromatic heterocycles. The Balaban J connectivity index is 1.61. The molecular weight excluding hydrogens is 414 g/mol. The lowest BCUT2D eigenvalue weighted by Crippen LogP contribution is -2.42. The molecule has 3 rings (SSSR count). The second kappa shape index (κ2) is 9.03. The van der Waals surface area contributed by atoms with Crippen LogP contribution in [0.4, 0.5) is 32.0 Å². The highest BCUT2D eigenvalue weighted by Gasteiger charge is 2.34. The second-order valence-electron chi connectivity index (χ2n) is 6.80. The molecular formula is C20H19F6N2O2. The van der Waals surface area contributed by atoms with Gasteiger partial charge in [0.15, 0.2) is 0 Å². The van der Waals surface area contributed by atoms with Crippen LogP contribution in [0.25, 0.3) is 0 Å². The number of nitrogens with one attached hydrogen (secondary N) is 1. The molecule has 0 unspecified atom stereocenters. The Kier molecular flexibility index (Phi) is 6.64. The molecule has 30 heavy (non-hydrogen) atoms. The summed E-state index contributed by atoms with van der Waals surface area (Å²) in [5.74, 6) is -1.54. The molecule has 1 radical (unpaired) electrons. The van der Waals surface area contributed by atoms with Gasteiger partial charge in [-0.3, -0.25) is 0 Å². The van der Waals surface area contributed by atoms with Gasteiger partial charge in [-0.2, -0.15) is 0 Å². The number of para-hydroxylation sites is 1. The first-order chi connectivity index (χ1) is 14.1. The molecule has 4 nitrogen and oxygen atoms in total. The Morgan fingerprint density at radius 3 is 2.03 bits per heavy atom. The molecule has 0 aliphatic carbocycles. The number of alkyl halides is 6. The monoisotopic (exact) mass is 433 g/mol. The summed E-state index contributed by atoms with van der Waals surface area (Å²) < 4.78 is 82.5. The van der Waals surface area contributed by atoms with Crippen molar-refractivity contribution < 1.29 is 35.8 Å². The van der Waals surface area contributed by atoms with Crippen molar-refractivity contribution in [2.45, 2.75) is 38.2 Å².